The zero-order chi connectivity index (χ0) is 11.4. The Hall–Kier alpha value is -0.610. The highest BCUT2D eigenvalue weighted by atomic mass is 16.4. The van der Waals surface area contributed by atoms with Gasteiger partial charge in [0.25, 0.3) is 0 Å². The number of hydrogen-bond donors (Lipinski definition) is 1. The van der Waals surface area contributed by atoms with E-state index in [9.17, 15) is 4.79 Å². The lowest BCUT2D eigenvalue weighted by Gasteiger charge is -2.16. The van der Waals surface area contributed by atoms with Crippen LogP contribution < -0.4 is 0 Å². The lowest BCUT2D eigenvalue weighted by Crippen LogP contribution is -2.26. The number of nitrogens with zero attached hydrogens (tertiary/aromatic N) is 2. The highest BCUT2D eigenvalue weighted by Gasteiger charge is 2.34. The molecule has 2 atom stereocenters. The van der Waals surface area contributed by atoms with Crippen LogP contribution in [0.2, 0.25) is 0 Å². The lowest BCUT2D eigenvalue weighted by atomic mass is 9.99. The van der Waals surface area contributed by atoms with Crippen LogP contribution >= 0.6 is 0 Å². The fraction of sp³-hybridized carbons (Fsp3) is 0.909. The van der Waals surface area contributed by atoms with Crippen molar-refractivity contribution in [1.29, 1.82) is 0 Å². The fourth-order valence-corrected chi connectivity index (χ4v) is 2.18. The maximum Gasteiger partial charge on any atom is 0.308 e. The molecule has 1 aliphatic rings. The van der Waals surface area contributed by atoms with Crippen molar-refractivity contribution in [2.24, 2.45) is 11.8 Å². The van der Waals surface area contributed by atoms with Crippen molar-refractivity contribution >= 4 is 5.97 Å². The van der Waals surface area contributed by atoms with Gasteiger partial charge < -0.3 is 14.9 Å². The molecule has 0 aliphatic carbocycles. The fourth-order valence-electron chi connectivity index (χ4n) is 2.18. The van der Waals surface area contributed by atoms with Crippen molar-refractivity contribution in [1.82, 2.24) is 9.80 Å². The first-order valence-corrected chi connectivity index (χ1v) is 5.60. The van der Waals surface area contributed by atoms with Crippen molar-refractivity contribution in [3.8, 4) is 0 Å². The molecule has 0 unspecified atom stereocenters. The van der Waals surface area contributed by atoms with E-state index >= 15 is 0 Å². The summed E-state index contributed by atoms with van der Waals surface area (Å²) in [5.74, 6) is -0.510. The summed E-state index contributed by atoms with van der Waals surface area (Å²) in [6.45, 7) is 5.79. The van der Waals surface area contributed by atoms with Crippen LogP contribution in [0.25, 0.3) is 0 Å². The van der Waals surface area contributed by atoms with Crippen LogP contribution in [0, 0.1) is 11.8 Å². The van der Waals surface area contributed by atoms with Crippen molar-refractivity contribution in [2.45, 2.75) is 13.3 Å². The van der Waals surface area contributed by atoms with E-state index in [1.807, 2.05) is 6.92 Å². The van der Waals surface area contributed by atoms with Crippen LogP contribution in [-0.4, -0.2) is 61.2 Å². The van der Waals surface area contributed by atoms with Crippen LogP contribution in [0.1, 0.15) is 13.3 Å². The molecule has 1 heterocycles. The van der Waals surface area contributed by atoms with E-state index in [4.69, 9.17) is 5.11 Å². The van der Waals surface area contributed by atoms with E-state index in [1.165, 1.54) is 0 Å². The molecule has 1 saturated heterocycles. The molecule has 0 radical (unpaired) electrons. The second-order valence-corrected chi connectivity index (χ2v) is 4.84. The third kappa shape index (κ3) is 3.80. The van der Waals surface area contributed by atoms with Crippen molar-refractivity contribution in [2.75, 3.05) is 40.3 Å². The molecule has 15 heavy (non-hydrogen) atoms. The van der Waals surface area contributed by atoms with Crippen LogP contribution in [-0.2, 0) is 4.79 Å². The molecule has 1 N–H and O–H groups in total. The third-order valence-electron chi connectivity index (χ3n) is 3.08. The van der Waals surface area contributed by atoms with Crippen LogP contribution in [0.4, 0.5) is 0 Å². The number of carboxylic acid groups (broad SMARTS) is 1. The van der Waals surface area contributed by atoms with Gasteiger partial charge >= 0.3 is 5.97 Å². The van der Waals surface area contributed by atoms with E-state index in [2.05, 4.69) is 23.9 Å². The van der Waals surface area contributed by atoms with Gasteiger partial charge in [0.05, 0.1) is 5.92 Å². The molecule has 1 rings (SSSR count). The summed E-state index contributed by atoms with van der Waals surface area (Å²) in [7, 11) is 4.12. The second-order valence-electron chi connectivity index (χ2n) is 4.84. The smallest absolute Gasteiger partial charge is 0.308 e. The molecule has 0 aromatic heterocycles. The number of carboxylic acids is 1. The van der Waals surface area contributed by atoms with E-state index in [0.29, 0.717) is 5.92 Å². The third-order valence-corrected chi connectivity index (χ3v) is 3.08. The largest absolute Gasteiger partial charge is 0.481 e. The average Bonchev–Trinajstić information content (AvgIpc) is 2.46. The molecular weight excluding hydrogens is 192 g/mol. The number of hydrogen-bond acceptors (Lipinski definition) is 3. The Morgan fingerprint density at radius 3 is 2.60 bits per heavy atom. The van der Waals surface area contributed by atoms with Gasteiger partial charge in [-0.05, 0) is 39.5 Å². The average molecular weight is 214 g/mol. The summed E-state index contributed by atoms with van der Waals surface area (Å²) in [5.41, 5.74) is 0. The topological polar surface area (TPSA) is 43.8 Å². The van der Waals surface area contributed by atoms with Gasteiger partial charge in [0, 0.05) is 13.1 Å². The normalized spacial score (nSPS) is 27.5. The molecule has 0 amide bonds. The predicted octanol–water partition coefficient (Wildman–Crippen LogP) is 0.591. The van der Waals surface area contributed by atoms with Gasteiger partial charge in [-0.2, -0.15) is 0 Å². The number of rotatable bonds is 5. The van der Waals surface area contributed by atoms with Crippen LogP contribution in [0.15, 0.2) is 0 Å². The van der Waals surface area contributed by atoms with E-state index in [-0.39, 0.29) is 5.92 Å². The summed E-state index contributed by atoms with van der Waals surface area (Å²) in [4.78, 5) is 15.3. The second kappa shape index (κ2) is 5.47. The summed E-state index contributed by atoms with van der Waals surface area (Å²) in [6, 6.07) is 0. The lowest BCUT2D eigenvalue weighted by molar-refractivity contribution is -0.142. The maximum absolute atomic E-state index is 10.9. The zero-order valence-corrected chi connectivity index (χ0v) is 9.94. The van der Waals surface area contributed by atoms with Gasteiger partial charge in [-0.3, -0.25) is 4.79 Å². The van der Waals surface area contributed by atoms with Gasteiger partial charge in [-0.1, -0.05) is 6.92 Å². The first-order chi connectivity index (χ1) is 7.00. The van der Waals surface area contributed by atoms with Crippen molar-refractivity contribution in [3.63, 3.8) is 0 Å². The molecule has 0 aromatic rings. The minimum absolute atomic E-state index is 0.163. The number of aliphatic carboxylic acids is 1. The highest BCUT2D eigenvalue weighted by Crippen LogP contribution is 2.22. The summed E-state index contributed by atoms with van der Waals surface area (Å²) >= 11 is 0. The molecule has 88 valence electrons. The van der Waals surface area contributed by atoms with Crippen molar-refractivity contribution in [3.05, 3.63) is 0 Å². The molecule has 1 aliphatic heterocycles. The van der Waals surface area contributed by atoms with Gasteiger partial charge in [-0.25, -0.2) is 0 Å². The monoisotopic (exact) mass is 214 g/mol. The van der Waals surface area contributed by atoms with E-state index < -0.39 is 5.97 Å². The molecule has 0 bridgehead atoms. The Morgan fingerprint density at radius 2 is 2.13 bits per heavy atom. The minimum Gasteiger partial charge on any atom is -0.481 e. The van der Waals surface area contributed by atoms with E-state index in [0.717, 1.165) is 32.6 Å². The molecule has 1 fully saturated rings. The highest BCUT2D eigenvalue weighted by molar-refractivity contribution is 5.71. The summed E-state index contributed by atoms with van der Waals surface area (Å²) in [6.07, 6.45) is 1.12. The Bertz CT molecular complexity index is 219. The molecule has 4 nitrogen and oxygen atoms in total. The van der Waals surface area contributed by atoms with Gasteiger partial charge in [0.15, 0.2) is 0 Å². The molecule has 0 aromatic carbocycles. The molecule has 0 spiro atoms. The van der Waals surface area contributed by atoms with E-state index in [1.54, 1.807) is 0 Å². The van der Waals surface area contributed by atoms with Gasteiger partial charge in [0.1, 0.15) is 0 Å². The first kappa shape index (κ1) is 12.5. The molecule has 4 heteroatoms. The molecule has 0 saturated carbocycles. The quantitative estimate of drug-likeness (QED) is 0.727. The summed E-state index contributed by atoms with van der Waals surface area (Å²) in [5, 5.41) is 8.98. The Morgan fingerprint density at radius 1 is 1.47 bits per heavy atom. The zero-order valence-electron chi connectivity index (χ0n) is 9.94. The standard InChI is InChI=1S/C11H22N2O2/c1-9-7-13(6-4-5-12(2)3)8-10(9)11(14)15/h9-10H,4-8H2,1-3H3,(H,14,15)/t9-,10-/m1/s1. The van der Waals surface area contributed by atoms with Gasteiger partial charge in [-0.15, -0.1) is 0 Å². The Kier molecular flexibility index (Phi) is 4.54. The SMILES string of the molecule is C[C@@H]1CN(CCCN(C)C)C[C@H]1C(=O)O. The van der Waals surface area contributed by atoms with Crippen molar-refractivity contribution < 1.29 is 9.90 Å². The number of carbonyl (C=O) groups is 1. The predicted molar refractivity (Wildman–Crippen MR) is 59.9 cm³/mol. The van der Waals surface area contributed by atoms with Gasteiger partial charge in [0.2, 0.25) is 0 Å². The first-order valence-electron chi connectivity index (χ1n) is 5.60. The summed E-state index contributed by atoms with van der Waals surface area (Å²) < 4.78 is 0. The van der Waals surface area contributed by atoms with Crippen LogP contribution in [0.3, 0.4) is 0 Å². The Balaban J connectivity index is 2.26. The molecular formula is C11H22N2O2. The number of likely N-dealkylation sites (tertiary alicyclic amines) is 1. The van der Waals surface area contributed by atoms with Crippen LogP contribution in [0.5, 0.6) is 0 Å². The minimum atomic E-state index is -0.641. The Labute approximate surface area is 91.9 Å². The maximum atomic E-state index is 10.9.